The van der Waals surface area contributed by atoms with Crippen LogP contribution in [0.25, 0.3) is 16.7 Å². The van der Waals surface area contributed by atoms with Gasteiger partial charge in [-0.25, -0.2) is 0 Å². The van der Waals surface area contributed by atoms with Crippen molar-refractivity contribution in [2.45, 2.75) is 20.4 Å². The van der Waals surface area contributed by atoms with E-state index in [1.165, 1.54) is 6.07 Å². The molecule has 0 unspecified atom stereocenters. The molecule has 0 aliphatic carbocycles. The number of aromatic hydroxyl groups is 2. The van der Waals surface area contributed by atoms with Gasteiger partial charge in [0.1, 0.15) is 17.7 Å². The molecule has 0 aliphatic rings. The summed E-state index contributed by atoms with van der Waals surface area (Å²) in [5.74, 6) is 8.78. The summed E-state index contributed by atoms with van der Waals surface area (Å²) in [6, 6.07) is 6.70. The predicted molar refractivity (Wildman–Crippen MR) is 148 cm³/mol. The molecule has 1 amide bonds. The van der Waals surface area contributed by atoms with Gasteiger partial charge in [0.15, 0.2) is 5.82 Å². The zero-order valence-electron chi connectivity index (χ0n) is 22.4. The van der Waals surface area contributed by atoms with Gasteiger partial charge in [0.2, 0.25) is 0 Å². The number of aromatic nitrogens is 4. The lowest BCUT2D eigenvalue weighted by molar-refractivity contribution is 0.0947. The summed E-state index contributed by atoms with van der Waals surface area (Å²) >= 11 is 0. The largest absolute Gasteiger partial charge is 0.507 e. The average molecular weight is 581 g/mol. The Labute approximate surface area is 242 Å². The molecule has 0 spiro atoms. The van der Waals surface area contributed by atoms with Gasteiger partial charge in [-0.05, 0) is 95.8 Å². The van der Waals surface area contributed by atoms with Gasteiger partial charge in [0.05, 0.1) is 17.7 Å². The van der Waals surface area contributed by atoms with Crippen molar-refractivity contribution < 1.29 is 15.0 Å². The highest BCUT2D eigenvalue weighted by atomic mass is 16.3. The Kier molecular flexibility index (Phi) is 11.1. The number of tetrazole rings is 1. The van der Waals surface area contributed by atoms with Gasteiger partial charge in [-0.1, -0.05) is 47.0 Å². The summed E-state index contributed by atoms with van der Waals surface area (Å²) in [4.78, 5) is 13.3. The highest BCUT2D eigenvalue weighted by molar-refractivity contribution is 6.03. The van der Waals surface area contributed by atoms with Crippen LogP contribution in [0.2, 0.25) is 0 Å². The molecule has 19 heteroatoms. The second kappa shape index (κ2) is 15.6. The minimum Gasteiger partial charge on any atom is -0.507 e. The van der Waals surface area contributed by atoms with E-state index < -0.39 is 11.7 Å². The third-order valence-electron chi connectivity index (χ3n) is 5.04. The molecule has 0 radical (unpaired) electrons. The van der Waals surface area contributed by atoms with Crippen LogP contribution in [0.5, 0.6) is 11.5 Å². The first-order valence-corrected chi connectivity index (χ1v) is 11.7. The number of hydrogen-bond donors (Lipinski definition) is 5. The van der Waals surface area contributed by atoms with E-state index in [1.54, 1.807) is 13.0 Å². The van der Waals surface area contributed by atoms with Crippen LogP contribution in [0.4, 0.5) is 0 Å². The van der Waals surface area contributed by atoms with E-state index >= 15 is 0 Å². The Morgan fingerprint density at radius 2 is 1.81 bits per heavy atom. The fourth-order valence-corrected chi connectivity index (χ4v) is 3.36. The number of benzene rings is 2. The lowest BCUT2D eigenvalue weighted by Gasteiger charge is -2.17. The van der Waals surface area contributed by atoms with Gasteiger partial charge in [0, 0.05) is 5.56 Å². The third kappa shape index (κ3) is 8.81. The summed E-state index contributed by atoms with van der Waals surface area (Å²) in [5.41, 5.74) is 8.85. The molecule has 3 aromatic rings. The summed E-state index contributed by atoms with van der Waals surface area (Å²) in [5, 5.41) is 68.7. The van der Waals surface area contributed by atoms with Crippen LogP contribution >= 0.6 is 0 Å². The number of phenolic OH excluding ortho intramolecular Hbond substituents is 2. The topological polar surface area (TPSA) is 271 Å². The second-order valence-electron chi connectivity index (χ2n) is 7.96. The van der Waals surface area contributed by atoms with Crippen molar-refractivity contribution in [1.29, 1.82) is 5.53 Å². The number of carbonyl (C=O) groups is 1. The number of allylic oxidation sites excluding steroid dienone is 1. The number of aryl methyl sites for hydroxylation is 1. The molecule has 0 fully saturated rings. The van der Waals surface area contributed by atoms with Gasteiger partial charge >= 0.3 is 0 Å². The molecule has 0 atom stereocenters. The van der Waals surface area contributed by atoms with Crippen LogP contribution in [0.1, 0.15) is 39.8 Å². The Morgan fingerprint density at radius 1 is 1.09 bits per heavy atom. The number of aromatic amines is 1. The van der Waals surface area contributed by atoms with Gasteiger partial charge in [-0.2, -0.15) is 10.7 Å². The van der Waals surface area contributed by atoms with E-state index in [1.807, 2.05) is 19.1 Å². The Balaban J connectivity index is 1.92. The molecule has 1 heterocycles. The minimum absolute atomic E-state index is 0.00896. The molecule has 3 rings (SSSR count). The molecule has 214 valence electrons. The molecule has 1 aromatic heterocycles. The molecule has 19 nitrogen and oxygen atoms in total. The molecule has 43 heavy (non-hydrogen) atoms. The molecule has 0 saturated carbocycles. The van der Waals surface area contributed by atoms with Crippen molar-refractivity contribution >= 4 is 17.7 Å². The zero-order chi connectivity index (χ0) is 31.0. The van der Waals surface area contributed by atoms with Gasteiger partial charge in [-0.15, -0.1) is 15.3 Å². The lowest BCUT2D eigenvalue weighted by atomic mass is 9.90. The molecule has 0 aliphatic heterocycles. The van der Waals surface area contributed by atoms with Gasteiger partial charge in [-0.3, -0.25) is 4.79 Å². The maximum atomic E-state index is 13.3. The second-order valence-corrected chi connectivity index (χ2v) is 7.96. The molecule has 0 bridgehead atoms. The summed E-state index contributed by atoms with van der Waals surface area (Å²) in [6.45, 7) is 7.52. The number of carbonyl (C=O) groups excluding carboxylic acids is 1. The summed E-state index contributed by atoms with van der Waals surface area (Å²) < 4.78 is 0. The number of rotatable bonds is 10. The monoisotopic (exact) mass is 580 g/mol. The normalized spacial score (nSPS) is 11.2. The molecule has 2 aromatic carbocycles. The standard InChI is InChI=1S/C24H20N16O3/c1-14(2)17-9-8-15(3)11-18(17)22-19(41)12-16(21(23(22)42)24(43)26-13-20-28-32-33-29-20)7-5-4-6-10-27-31-35-37-39-40-38-36-34-30-25/h8-12,25,41-42H,1,13H2,2-3H3,(H,26,43)(H,28,29,32,33)/b27-10+,30-25?,35-31+,36-34+,39-37+,40-38+. The van der Waals surface area contributed by atoms with Crippen molar-refractivity contribution in [1.82, 2.24) is 25.9 Å². The zero-order valence-corrected chi connectivity index (χ0v) is 22.4. The Hall–Kier alpha value is -6.89. The number of amides is 1. The first-order valence-electron chi connectivity index (χ1n) is 11.7. The molecule has 5 N–H and O–H groups in total. The number of H-pyrrole nitrogens is 1. The Morgan fingerprint density at radius 3 is 2.49 bits per heavy atom. The van der Waals surface area contributed by atoms with Crippen LogP contribution in [0.3, 0.4) is 0 Å². The smallest absolute Gasteiger partial charge is 0.256 e. The average Bonchev–Trinajstić information content (AvgIpc) is 3.50. The van der Waals surface area contributed by atoms with Crippen LogP contribution in [0, 0.1) is 36.1 Å². The van der Waals surface area contributed by atoms with E-state index in [9.17, 15) is 15.0 Å². The maximum absolute atomic E-state index is 13.3. The van der Waals surface area contributed by atoms with E-state index in [4.69, 9.17) is 5.53 Å². The first kappa shape index (κ1) is 30.6. The van der Waals surface area contributed by atoms with E-state index in [0.29, 0.717) is 16.7 Å². The highest BCUT2D eigenvalue weighted by Crippen LogP contribution is 2.44. The number of nitrogens with zero attached hydrogens (tertiary/aromatic N) is 13. The van der Waals surface area contributed by atoms with Gasteiger partial charge in [0.25, 0.3) is 5.91 Å². The fraction of sp³-hybridized carbons (Fsp3) is 0.125. The van der Waals surface area contributed by atoms with Crippen LogP contribution in [-0.2, 0) is 6.54 Å². The van der Waals surface area contributed by atoms with Crippen molar-refractivity contribution in [3.05, 3.63) is 58.9 Å². The SMILES string of the molecule is C=C(C)c1ccc(C)cc1-c1c(O)cc(C#CC#C/C=N/N=N/N=N/N=N/N=N/N=N)c(C(=O)NCc2nn[nH]n2)c1O. The number of phenols is 2. The summed E-state index contributed by atoms with van der Waals surface area (Å²) in [7, 11) is 0. The molecule has 0 saturated heterocycles. The quantitative estimate of drug-likeness (QED) is 0.100. The minimum atomic E-state index is -0.713. The van der Waals surface area contributed by atoms with Crippen LogP contribution < -0.4 is 5.32 Å². The van der Waals surface area contributed by atoms with Crippen molar-refractivity contribution in [3.63, 3.8) is 0 Å². The van der Waals surface area contributed by atoms with E-state index in [-0.39, 0.29) is 34.8 Å². The first-order chi connectivity index (χ1) is 20.8. The predicted octanol–water partition coefficient (Wildman–Crippen LogP) is 4.39. The summed E-state index contributed by atoms with van der Waals surface area (Å²) in [6.07, 6.45) is 1.05. The van der Waals surface area contributed by atoms with Crippen LogP contribution in [-0.4, -0.2) is 43.0 Å². The highest BCUT2D eigenvalue weighted by Gasteiger charge is 2.25. The van der Waals surface area contributed by atoms with Crippen LogP contribution in [0.15, 0.2) is 83.0 Å². The van der Waals surface area contributed by atoms with E-state index in [0.717, 1.165) is 11.8 Å². The lowest BCUT2D eigenvalue weighted by Crippen LogP contribution is -2.24. The molecular formula is C24H20N16O3. The van der Waals surface area contributed by atoms with E-state index in [2.05, 4.69) is 108 Å². The van der Waals surface area contributed by atoms with Crippen molar-refractivity contribution in [2.24, 2.45) is 52.1 Å². The number of nitrogens with one attached hydrogen (secondary N) is 3. The van der Waals surface area contributed by atoms with Crippen molar-refractivity contribution in [2.75, 3.05) is 0 Å². The third-order valence-corrected chi connectivity index (χ3v) is 5.04. The number of hydrogen-bond acceptors (Lipinski definition) is 8. The fourth-order valence-electron chi connectivity index (χ4n) is 3.36. The molecular weight excluding hydrogens is 560 g/mol. The Bertz CT molecular complexity index is 1780. The maximum Gasteiger partial charge on any atom is 0.256 e. The van der Waals surface area contributed by atoms with Gasteiger partial charge < -0.3 is 15.5 Å². The van der Waals surface area contributed by atoms with Crippen molar-refractivity contribution in [3.8, 4) is 46.3 Å².